The van der Waals surface area contributed by atoms with Gasteiger partial charge in [0.2, 0.25) is 20.0 Å². The second-order valence-corrected chi connectivity index (χ2v) is 11.8. The van der Waals surface area contributed by atoms with Gasteiger partial charge in [-0.2, -0.15) is 4.31 Å². The molecular formula is C21H28N4O6S2. The minimum Gasteiger partial charge on any atom is -0.496 e. The summed E-state index contributed by atoms with van der Waals surface area (Å²) in [6, 6.07) is 10.4. The molecule has 0 saturated carbocycles. The van der Waals surface area contributed by atoms with E-state index in [4.69, 9.17) is 4.74 Å². The molecule has 0 atom stereocenters. The van der Waals surface area contributed by atoms with E-state index >= 15 is 0 Å². The molecule has 33 heavy (non-hydrogen) atoms. The van der Waals surface area contributed by atoms with Crippen LogP contribution in [-0.2, 0) is 20.0 Å². The fourth-order valence-corrected chi connectivity index (χ4v) is 5.27. The fourth-order valence-electron chi connectivity index (χ4n) is 3.35. The van der Waals surface area contributed by atoms with Crippen molar-refractivity contribution in [3.8, 4) is 5.75 Å². The Kier molecular flexibility index (Phi) is 7.32. The Bertz CT molecular complexity index is 1220. The maximum atomic E-state index is 12.9. The summed E-state index contributed by atoms with van der Waals surface area (Å²) < 4.78 is 57.2. The van der Waals surface area contributed by atoms with Gasteiger partial charge in [-0.05, 0) is 49.5 Å². The Balaban J connectivity index is 1.79. The van der Waals surface area contributed by atoms with Crippen molar-refractivity contribution >= 4 is 37.3 Å². The highest BCUT2D eigenvalue weighted by atomic mass is 32.2. The van der Waals surface area contributed by atoms with Gasteiger partial charge >= 0.3 is 0 Å². The van der Waals surface area contributed by atoms with E-state index in [2.05, 4.69) is 10.2 Å². The number of carbonyl (C=O) groups is 1. The summed E-state index contributed by atoms with van der Waals surface area (Å²) in [4.78, 5) is 15.1. The van der Waals surface area contributed by atoms with E-state index in [1.807, 2.05) is 7.05 Å². The quantitative estimate of drug-likeness (QED) is 0.614. The number of hydrogen-bond donors (Lipinski definition) is 1. The van der Waals surface area contributed by atoms with Gasteiger partial charge < -0.3 is 15.0 Å². The smallest absolute Gasteiger partial charge is 0.259 e. The highest BCUT2D eigenvalue weighted by molar-refractivity contribution is 7.92. The zero-order valence-corrected chi connectivity index (χ0v) is 20.6. The molecule has 2 aromatic carbocycles. The van der Waals surface area contributed by atoms with Crippen LogP contribution in [-0.4, -0.2) is 85.6 Å². The highest BCUT2D eigenvalue weighted by Crippen LogP contribution is 2.27. The summed E-state index contributed by atoms with van der Waals surface area (Å²) in [6.07, 6.45) is 1.06. The van der Waals surface area contributed by atoms with Crippen LogP contribution in [0, 0.1) is 0 Å². The van der Waals surface area contributed by atoms with Crippen LogP contribution >= 0.6 is 0 Å². The van der Waals surface area contributed by atoms with Gasteiger partial charge in [-0.25, -0.2) is 16.8 Å². The van der Waals surface area contributed by atoms with E-state index in [0.29, 0.717) is 37.6 Å². The summed E-state index contributed by atoms with van der Waals surface area (Å²) in [6.45, 7) is 2.19. The third-order valence-corrected chi connectivity index (χ3v) is 8.62. The first-order valence-corrected chi connectivity index (χ1v) is 13.4. The Hall–Kier alpha value is -2.67. The molecule has 1 aliphatic heterocycles. The number of benzene rings is 2. The number of nitrogens with one attached hydrogen (secondary N) is 1. The molecule has 180 valence electrons. The molecule has 0 aromatic heterocycles. The number of rotatable bonds is 7. The predicted molar refractivity (Wildman–Crippen MR) is 127 cm³/mol. The molecule has 1 amide bonds. The van der Waals surface area contributed by atoms with Crippen molar-refractivity contribution in [2.75, 3.05) is 63.3 Å². The molecule has 12 heteroatoms. The van der Waals surface area contributed by atoms with E-state index in [-0.39, 0.29) is 16.2 Å². The molecule has 0 radical (unpaired) electrons. The summed E-state index contributed by atoms with van der Waals surface area (Å²) in [5.41, 5.74) is 0.831. The Morgan fingerprint density at radius 2 is 1.61 bits per heavy atom. The van der Waals surface area contributed by atoms with Crippen molar-refractivity contribution in [1.82, 2.24) is 9.21 Å². The summed E-state index contributed by atoms with van der Waals surface area (Å²) >= 11 is 0. The Labute approximate surface area is 194 Å². The molecule has 0 aliphatic carbocycles. The molecule has 1 aliphatic rings. The maximum Gasteiger partial charge on any atom is 0.259 e. The van der Waals surface area contributed by atoms with Crippen molar-refractivity contribution in [2.45, 2.75) is 4.90 Å². The third-order valence-electron chi connectivity index (χ3n) is 5.50. The van der Waals surface area contributed by atoms with Gasteiger partial charge in [0.05, 0.1) is 29.5 Å². The van der Waals surface area contributed by atoms with Crippen LogP contribution in [0.3, 0.4) is 0 Å². The number of methoxy groups -OCH3 is 1. The standard InChI is InChI=1S/C21H28N4O6S2/c1-23-11-13-25(14-12-23)33(29,30)18-8-5-16(6-9-18)22-21(26)19-15-17(7-10-20(19)31-3)24(2)32(4,27)28/h5-10,15H,11-14H2,1-4H3,(H,22,26). The first kappa shape index (κ1) is 25.0. The number of likely N-dealkylation sites (N-methyl/N-ethyl adjacent to an activating group) is 1. The molecule has 1 heterocycles. The van der Waals surface area contributed by atoms with E-state index in [0.717, 1.165) is 10.6 Å². The number of carbonyl (C=O) groups excluding carboxylic acids is 1. The van der Waals surface area contributed by atoms with E-state index in [1.165, 1.54) is 60.9 Å². The van der Waals surface area contributed by atoms with Crippen molar-refractivity contribution in [3.63, 3.8) is 0 Å². The molecule has 1 fully saturated rings. The number of hydrogen-bond acceptors (Lipinski definition) is 7. The number of ether oxygens (including phenoxy) is 1. The van der Waals surface area contributed by atoms with Crippen molar-refractivity contribution in [2.24, 2.45) is 0 Å². The van der Waals surface area contributed by atoms with Crippen molar-refractivity contribution in [3.05, 3.63) is 48.0 Å². The number of nitrogens with zero attached hydrogens (tertiary/aromatic N) is 3. The maximum absolute atomic E-state index is 12.9. The number of amides is 1. The zero-order valence-electron chi connectivity index (χ0n) is 19.0. The lowest BCUT2D eigenvalue weighted by molar-refractivity contribution is 0.102. The van der Waals surface area contributed by atoms with Gasteiger partial charge in [0, 0.05) is 38.9 Å². The molecule has 3 rings (SSSR count). The lowest BCUT2D eigenvalue weighted by atomic mass is 10.1. The number of anilines is 2. The lowest BCUT2D eigenvalue weighted by Gasteiger charge is -2.31. The topological polar surface area (TPSA) is 116 Å². The van der Waals surface area contributed by atoms with Gasteiger partial charge in [-0.3, -0.25) is 9.10 Å². The van der Waals surface area contributed by atoms with E-state index in [1.54, 1.807) is 0 Å². The van der Waals surface area contributed by atoms with Crippen molar-refractivity contribution < 1.29 is 26.4 Å². The largest absolute Gasteiger partial charge is 0.496 e. The SMILES string of the molecule is COc1ccc(N(C)S(C)(=O)=O)cc1C(=O)Nc1ccc(S(=O)(=O)N2CCN(C)CC2)cc1. The molecule has 1 N–H and O–H groups in total. The average molecular weight is 497 g/mol. The monoisotopic (exact) mass is 496 g/mol. The molecule has 1 saturated heterocycles. The Morgan fingerprint density at radius 1 is 1.00 bits per heavy atom. The van der Waals surface area contributed by atoms with Crippen LogP contribution in [0.2, 0.25) is 0 Å². The van der Waals surface area contributed by atoms with Crippen LogP contribution in [0.5, 0.6) is 5.75 Å². The first-order valence-electron chi connectivity index (χ1n) is 10.2. The molecule has 0 spiro atoms. The molecule has 2 aromatic rings. The molecule has 10 nitrogen and oxygen atoms in total. The summed E-state index contributed by atoms with van der Waals surface area (Å²) in [5, 5.41) is 2.70. The molecule has 0 bridgehead atoms. The fraction of sp³-hybridized carbons (Fsp3) is 0.381. The minimum absolute atomic E-state index is 0.139. The molecular weight excluding hydrogens is 468 g/mol. The van der Waals surface area contributed by atoms with Gasteiger partial charge in [0.1, 0.15) is 5.75 Å². The number of piperazine rings is 1. The summed E-state index contributed by atoms with van der Waals surface area (Å²) in [7, 11) is -2.38. The zero-order chi connectivity index (χ0) is 24.4. The van der Waals surface area contributed by atoms with Gasteiger partial charge in [0.15, 0.2) is 0 Å². The van der Waals surface area contributed by atoms with Crippen LogP contribution in [0.15, 0.2) is 47.4 Å². The van der Waals surface area contributed by atoms with E-state index < -0.39 is 26.0 Å². The predicted octanol–water partition coefficient (Wildman–Crippen LogP) is 1.28. The average Bonchev–Trinajstić information content (AvgIpc) is 2.78. The second-order valence-electron chi connectivity index (χ2n) is 7.80. The molecule has 0 unspecified atom stereocenters. The van der Waals surface area contributed by atoms with Crippen LogP contribution in [0.25, 0.3) is 0 Å². The minimum atomic E-state index is -3.61. The van der Waals surface area contributed by atoms with Crippen molar-refractivity contribution in [1.29, 1.82) is 0 Å². The third kappa shape index (κ3) is 5.64. The van der Waals surface area contributed by atoms with Crippen LogP contribution < -0.4 is 14.4 Å². The van der Waals surface area contributed by atoms with Gasteiger partial charge in [-0.15, -0.1) is 0 Å². The van der Waals surface area contributed by atoms with Gasteiger partial charge in [-0.1, -0.05) is 0 Å². The Morgan fingerprint density at radius 3 is 2.15 bits per heavy atom. The van der Waals surface area contributed by atoms with E-state index in [9.17, 15) is 21.6 Å². The lowest BCUT2D eigenvalue weighted by Crippen LogP contribution is -2.46. The second kappa shape index (κ2) is 9.67. The summed E-state index contributed by atoms with van der Waals surface area (Å²) in [5.74, 6) is -0.252. The van der Waals surface area contributed by atoms with Gasteiger partial charge in [0.25, 0.3) is 5.91 Å². The van der Waals surface area contributed by atoms with Crippen LogP contribution in [0.1, 0.15) is 10.4 Å². The normalized spacial score (nSPS) is 15.8. The number of sulfonamides is 2. The van der Waals surface area contributed by atoms with Crippen LogP contribution in [0.4, 0.5) is 11.4 Å². The highest BCUT2D eigenvalue weighted by Gasteiger charge is 2.27. The first-order chi connectivity index (χ1) is 15.4.